The standard InChI is InChI=1S/C18H13ClF3NO3.C2H6/c1-2-26-14-5-3-4-11-15(14)17(25)23(16(11)24)9-10-6-7-13(19)12(8-10)18(20,21)22;1-2/h3-8H,2,9H2,1H3;1-2H3. The Morgan fingerprint density at radius 3 is 2.36 bits per heavy atom. The summed E-state index contributed by atoms with van der Waals surface area (Å²) in [7, 11) is 0. The van der Waals surface area contributed by atoms with Crippen LogP contribution in [0.15, 0.2) is 36.4 Å². The van der Waals surface area contributed by atoms with Gasteiger partial charge in [-0.15, -0.1) is 0 Å². The predicted octanol–water partition coefficient (Wildman–Crippen LogP) is 5.58. The average molecular weight is 414 g/mol. The van der Waals surface area contributed by atoms with Crippen LogP contribution in [-0.2, 0) is 12.7 Å². The molecule has 0 N–H and O–H groups in total. The third-order valence-corrected chi connectivity index (χ3v) is 4.27. The number of imide groups is 1. The molecule has 0 fully saturated rings. The van der Waals surface area contributed by atoms with Gasteiger partial charge in [0.05, 0.1) is 34.9 Å². The Kier molecular flexibility index (Phi) is 6.72. The zero-order valence-electron chi connectivity index (χ0n) is 15.6. The molecule has 0 bridgehead atoms. The maximum absolute atomic E-state index is 13.0. The van der Waals surface area contributed by atoms with Crippen LogP contribution in [0.2, 0.25) is 5.02 Å². The predicted molar refractivity (Wildman–Crippen MR) is 99.6 cm³/mol. The van der Waals surface area contributed by atoms with Crippen LogP contribution in [0.3, 0.4) is 0 Å². The Morgan fingerprint density at radius 2 is 1.75 bits per heavy atom. The van der Waals surface area contributed by atoms with Crippen molar-refractivity contribution < 1.29 is 27.5 Å². The molecule has 0 spiro atoms. The van der Waals surface area contributed by atoms with Crippen molar-refractivity contribution in [3.05, 3.63) is 63.7 Å². The minimum Gasteiger partial charge on any atom is -0.493 e. The minimum absolute atomic E-state index is 0.129. The van der Waals surface area contributed by atoms with Gasteiger partial charge in [0.2, 0.25) is 0 Å². The van der Waals surface area contributed by atoms with Gasteiger partial charge in [-0.3, -0.25) is 14.5 Å². The molecule has 0 unspecified atom stereocenters. The summed E-state index contributed by atoms with van der Waals surface area (Å²) in [5.41, 5.74) is -0.562. The van der Waals surface area contributed by atoms with E-state index in [1.807, 2.05) is 13.8 Å². The molecule has 0 saturated heterocycles. The monoisotopic (exact) mass is 413 g/mol. The van der Waals surface area contributed by atoms with Crippen LogP contribution in [0.1, 0.15) is 52.6 Å². The summed E-state index contributed by atoms with van der Waals surface area (Å²) in [6, 6.07) is 7.94. The van der Waals surface area contributed by atoms with Crippen LogP contribution < -0.4 is 4.74 Å². The van der Waals surface area contributed by atoms with Crippen LogP contribution in [-0.4, -0.2) is 23.3 Å². The molecule has 4 nitrogen and oxygen atoms in total. The molecule has 0 atom stereocenters. The summed E-state index contributed by atoms with van der Waals surface area (Å²) in [6.07, 6.45) is -4.63. The topological polar surface area (TPSA) is 46.6 Å². The Labute approximate surface area is 165 Å². The number of benzene rings is 2. The molecule has 2 amide bonds. The fourth-order valence-electron chi connectivity index (χ4n) is 2.79. The molecule has 1 aliphatic rings. The minimum atomic E-state index is -4.63. The highest BCUT2D eigenvalue weighted by Gasteiger charge is 2.39. The summed E-state index contributed by atoms with van der Waals surface area (Å²) in [6.45, 7) is 5.76. The molecule has 1 heterocycles. The number of rotatable bonds is 4. The maximum Gasteiger partial charge on any atom is 0.417 e. The van der Waals surface area contributed by atoms with Gasteiger partial charge in [0.15, 0.2) is 0 Å². The van der Waals surface area contributed by atoms with Gasteiger partial charge in [-0.05, 0) is 36.8 Å². The van der Waals surface area contributed by atoms with Crippen molar-refractivity contribution in [2.24, 2.45) is 0 Å². The molecule has 8 heteroatoms. The van der Waals surface area contributed by atoms with Crippen molar-refractivity contribution in [2.45, 2.75) is 33.5 Å². The maximum atomic E-state index is 13.0. The van der Waals surface area contributed by atoms with Crippen LogP contribution in [0.4, 0.5) is 13.2 Å². The summed E-state index contributed by atoms with van der Waals surface area (Å²) in [5.74, 6) is -0.898. The number of ether oxygens (including phenoxy) is 1. The van der Waals surface area contributed by atoms with E-state index in [2.05, 4.69) is 0 Å². The van der Waals surface area contributed by atoms with Crippen molar-refractivity contribution in [1.29, 1.82) is 0 Å². The van der Waals surface area contributed by atoms with E-state index in [9.17, 15) is 22.8 Å². The first-order chi connectivity index (χ1) is 13.2. The van der Waals surface area contributed by atoms with Crippen LogP contribution in [0.25, 0.3) is 0 Å². The van der Waals surface area contributed by atoms with E-state index < -0.39 is 28.6 Å². The average Bonchev–Trinajstić information content (AvgIpc) is 2.90. The highest BCUT2D eigenvalue weighted by molar-refractivity contribution is 6.31. The van der Waals surface area contributed by atoms with Gasteiger partial charge >= 0.3 is 6.18 Å². The number of hydrogen-bond donors (Lipinski definition) is 0. The number of hydrogen-bond acceptors (Lipinski definition) is 3. The quantitative estimate of drug-likeness (QED) is 0.615. The Hall–Kier alpha value is -2.54. The third-order valence-electron chi connectivity index (χ3n) is 3.94. The molecule has 3 rings (SSSR count). The zero-order valence-corrected chi connectivity index (χ0v) is 16.3. The molecule has 0 aliphatic carbocycles. The van der Waals surface area contributed by atoms with Crippen LogP contribution in [0.5, 0.6) is 5.75 Å². The van der Waals surface area contributed by atoms with Crippen LogP contribution >= 0.6 is 11.6 Å². The molecule has 2 aromatic rings. The summed E-state index contributed by atoms with van der Waals surface area (Å²) < 4.78 is 44.4. The molecule has 1 aliphatic heterocycles. The van der Waals surface area contributed by atoms with E-state index in [0.717, 1.165) is 17.0 Å². The summed E-state index contributed by atoms with van der Waals surface area (Å²) >= 11 is 5.60. The number of fused-ring (bicyclic) bond motifs is 1. The fraction of sp³-hybridized carbons (Fsp3) is 0.300. The second-order valence-corrected chi connectivity index (χ2v) is 6.03. The first-order valence-electron chi connectivity index (χ1n) is 8.71. The summed E-state index contributed by atoms with van der Waals surface area (Å²) in [5, 5.41) is -0.442. The third kappa shape index (κ3) is 4.14. The highest BCUT2D eigenvalue weighted by atomic mass is 35.5. The number of carbonyl (C=O) groups excluding carboxylic acids is 2. The first kappa shape index (κ1) is 21.8. The van der Waals surface area contributed by atoms with Gasteiger partial charge in [-0.1, -0.05) is 37.6 Å². The SMILES string of the molecule is CC.CCOc1cccc2c1C(=O)N(Cc1ccc(Cl)c(C(F)(F)F)c1)C2=O. The molecule has 0 radical (unpaired) electrons. The molecule has 28 heavy (non-hydrogen) atoms. The van der Waals surface area contributed by atoms with Crippen molar-refractivity contribution in [3.63, 3.8) is 0 Å². The smallest absolute Gasteiger partial charge is 0.417 e. The lowest BCUT2D eigenvalue weighted by Crippen LogP contribution is -2.29. The lowest BCUT2D eigenvalue weighted by molar-refractivity contribution is -0.137. The van der Waals surface area contributed by atoms with Crippen molar-refractivity contribution in [1.82, 2.24) is 4.90 Å². The van der Waals surface area contributed by atoms with Crippen molar-refractivity contribution >= 4 is 23.4 Å². The Balaban J connectivity index is 0.00000136. The van der Waals surface area contributed by atoms with E-state index in [1.165, 1.54) is 12.1 Å². The Bertz CT molecular complexity index is 897. The molecule has 150 valence electrons. The summed E-state index contributed by atoms with van der Waals surface area (Å²) in [4.78, 5) is 26.1. The second-order valence-electron chi connectivity index (χ2n) is 5.62. The highest BCUT2D eigenvalue weighted by Crippen LogP contribution is 2.36. The van der Waals surface area contributed by atoms with Crippen molar-refractivity contribution in [2.75, 3.05) is 6.61 Å². The van der Waals surface area contributed by atoms with Gasteiger partial charge in [0.1, 0.15) is 5.75 Å². The largest absolute Gasteiger partial charge is 0.493 e. The lowest BCUT2D eigenvalue weighted by atomic mass is 10.1. The van der Waals surface area contributed by atoms with Gasteiger partial charge in [0.25, 0.3) is 11.8 Å². The van der Waals surface area contributed by atoms with E-state index in [-0.39, 0.29) is 29.0 Å². The molecular formula is C20H19ClF3NO3. The second kappa shape index (κ2) is 8.65. The molecular weight excluding hydrogens is 395 g/mol. The van der Waals surface area contributed by atoms with Crippen LogP contribution in [0, 0.1) is 0 Å². The number of halogens is 4. The normalized spacial score (nSPS) is 13.2. The number of nitrogens with zero attached hydrogens (tertiary/aromatic N) is 1. The zero-order chi connectivity index (χ0) is 21.1. The molecule has 2 aromatic carbocycles. The lowest BCUT2D eigenvalue weighted by Gasteiger charge is -2.16. The van der Waals surface area contributed by atoms with Gasteiger partial charge < -0.3 is 4.74 Å². The van der Waals surface area contributed by atoms with Crippen molar-refractivity contribution in [3.8, 4) is 5.75 Å². The molecule has 0 aromatic heterocycles. The van der Waals surface area contributed by atoms with E-state index in [0.29, 0.717) is 6.61 Å². The number of amides is 2. The fourth-order valence-corrected chi connectivity index (χ4v) is 3.02. The van der Waals surface area contributed by atoms with Gasteiger partial charge in [-0.25, -0.2) is 0 Å². The van der Waals surface area contributed by atoms with Gasteiger partial charge in [0, 0.05) is 0 Å². The van der Waals surface area contributed by atoms with Gasteiger partial charge in [-0.2, -0.15) is 13.2 Å². The number of carbonyl (C=O) groups is 2. The number of alkyl halides is 3. The molecule has 0 saturated carbocycles. The van der Waals surface area contributed by atoms with E-state index >= 15 is 0 Å². The van der Waals surface area contributed by atoms with E-state index in [4.69, 9.17) is 16.3 Å². The first-order valence-corrected chi connectivity index (χ1v) is 9.09. The van der Waals surface area contributed by atoms with E-state index in [1.54, 1.807) is 19.1 Å². The Morgan fingerprint density at radius 1 is 1.07 bits per heavy atom.